The van der Waals surface area contributed by atoms with Gasteiger partial charge < -0.3 is 10.3 Å². The number of imidazole rings is 1. The zero-order valence-corrected chi connectivity index (χ0v) is 16.3. The van der Waals surface area contributed by atoms with Gasteiger partial charge in [-0.05, 0) is 18.9 Å². The minimum atomic E-state index is 0.477. The summed E-state index contributed by atoms with van der Waals surface area (Å²) in [4.78, 5) is 8.96. The molecule has 0 spiro atoms. The van der Waals surface area contributed by atoms with Crippen LogP contribution >= 0.6 is 0 Å². The number of pyridine rings is 1. The maximum atomic E-state index is 6.19. The molecule has 29 heavy (non-hydrogen) atoms. The Balaban J connectivity index is 1.45. The molecule has 4 aromatic rings. The van der Waals surface area contributed by atoms with Gasteiger partial charge in [0, 0.05) is 35.3 Å². The van der Waals surface area contributed by atoms with Gasteiger partial charge in [0.05, 0.1) is 23.6 Å². The van der Waals surface area contributed by atoms with Crippen molar-refractivity contribution in [1.82, 2.24) is 24.3 Å². The van der Waals surface area contributed by atoms with E-state index in [1.165, 1.54) is 32.1 Å². The highest BCUT2D eigenvalue weighted by Gasteiger charge is 2.17. The predicted octanol–water partition coefficient (Wildman–Crippen LogP) is 4.89. The van der Waals surface area contributed by atoms with Crippen LogP contribution < -0.4 is 5.73 Å². The number of nitrogen functional groups attached to an aromatic ring is 1. The highest BCUT2D eigenvalue weighted by Crippen LogP contribution is 2.30. The van der Waals surface area contributed by atoms with E-state index in [-0.39, 0.29) is 0 Å². The first kappa shape index (κ1) is 17.7. The Morgan fingerprint density at radius 1 is 0.862 bits per heavy atom. The van der Waals surface area contributed by atoms with Gasteiger partial charge in [0.1, 0.15) is 12.1 Å². The van der Waals surface area contributed by atoms with Crippen LogP contribution in [0.15, 0.2) is 67.5 Å². The SMILES string of the molecule is Nc1ncc(-c2cnn(C3CCCCC3)c2)cc1-n1cnc(-c2ccccc2)c1. The fourth-order valence-corrected chi connectivity index (χ4v) is 4.07. The molecule has 0 radical (unpaired) electrons. The number of nitrogens with two attached hydrogens (primary N) is 1. The van der Waals surface area contributed by atoms with Gasteiger partial charge in [0.15, 0.2) is 0 Å². The number of hydrogen-bond donors (Lipinski definition) is 1. The van der Waals surface area contributed by atoms with Crippen molar-refractivity contribution in [2.45, 2.75) is 38.1 Å². The number of rotatable bonds is 4. The Labute approximate surface area is 170 Å². The van der Waals surface area contributed by atoms with Gasteiger partial charge >= 0.3 is 0 Å². The second kappa shape index (κ2) is 7.54. The molecule has 0 unspecified atom stereocenters. The summed E-state index contributed by atoms with van der Waals surface area (Å²) in [6.45, 7) is 0. The third-order valence-electron chi connectivity index (χ3n) is 5.71. The molecule has 0 atom stereocenters. The zero-order valence-electron chi connectivity index (χ0n) is 16.3. The van der Waals surface area contributed by atoms with E-state index >= 15 is 0 Å². The summed E-state index contributed by atoms with van der Waals surface area (Å²) in [6.07, 6.45) is 16.0. The van der Waals surface area contributed by atoms with Crippen molar-refractivity contribution in [2.24, 2.45) is 0 Å². The van der Waals surface area contributed by atoms with Gasteiger partial charge in [0.25, 0.3) is 0 Å². The van der Waals surface area contributed by atoms with Crippen LogP contribution in [0.2, 0.25) is 0 Å². The first-order valence-electron chi connectivity index (χ1n) is 10.2. The Kier molecular flexibility index (Phi) is 4.60. The molecule has 3 heterocycles. The van der Waals surface area contributed by atoms with Crippen LogP contribution in [0.5, 0.6) is 0 Å². The van der Waals surface area contributed by atoms with Crippen molar-refractivity contribution in [2.75, 3.05) is 5.73 Å². The lowest BCUT2D eigenvalue weighted by Gasteiger charge is -2.21. The van der Waals surface area contributed by atoms with Crippen LogP contribution in [-0.4, -0.2) is 24.3 Å². The predicted molar refractivity (Wildman–Crippen MR) is 115 cm³/mol. The molecule has 0 bridgehead atoms. The normalized spacial score (nSPS) is 14.9. The number of anilines is 1. The molecule has 6 heteroatoms. The quantitative estimate of drug-likeness (QED) is 0.544. The molecule has 1 aliphatic rings. The average Bonchev–Trinajstić information content (AvgIpc) is 3.46. The Bertz CT molecular complexity index is 1110. The molecular formula is C23H24N6. The van der Waals surface area contributed by atoms with Gasteiger partial charge in [-0.3, -0.25) is 4.68 Å². The summed E-state index contributed by atoms with van der Waals surface area (Å²) in [5.74, 6) is 0.477. The fraction of sp³-hybridized carbons (Fsp3) is 0.261. The first-order valence-corrected chi connectivity index (χ1v) is 10.2. The standard InChI is InChI=1S/C23H24N6/c24-23-22(28-15-21(26-16-28)17-7-3-1-4-8-17)11-18(12-25-23)19-13-27-29(14-19)20-9-5-2-6-10-20/h1,3-4,7-8,11-16,20H,2,5-6,9-10H2,(H2,24,25). The summed E-state index contributed by atoms with van der Waals surface area (Å²) in [5, 5.41) is 4.62. The van der Waals surface area contributed by atoms with E-state index in [2.05, 4.69) is 32.0 Å². The van der Waals surface area contributed by atoms with Gasteiger partial charge in [-0.2, -0.15) is 5.10 Å². The first-order chi connectivity index (χ1) is 14.3. The Morgan fingerprint density at radius 2 is 1.69 bits per heavy atom. The van der Waals surface area contributed by atoms with Gasteiger partial charge in [0.2, 0.25) is 0 Å². The van der Waals surface area contributed by atoms with E-state index in [0.29, 0.717) is 11.9 Å². The van der Waals surface area contributed by atoms with Crippen molar-refractivity contribution in [1.29, 1.82) is 0 Å². The van der Waals surface area contributed by atoms with Crippen molar-refractivity contribution in [3.05, 3.63) is 67.5 Å². The summed E-state index contributed by atoms with van der Waals surface area (Å²) >= 11 is 0. The number of nitrogens with zero attached hydrogens (tertiary/aromatic N) is 5. The molecule has 1 aliphatic carbocycles. The third kappa shape index (κ3) is 3.53. The van der Waals surface area contributed by atoms with Gasteiger partial charge in [-0.15, -0.1) is 0 Å². The molecule has 6 nitrogen and oxygen atoms in total. The maximum absolute atomic E-state index is 6.19. The minimum Gasteiger partial charge on any atom is -0.382 e. The smallest absolute Gasteiger partial charge is 0.147 e. The lowest BCUT2D eigenvalue weighted by Crippen LogP contribution is -2.12. The Hall–Kier alpha value is -3.41. The van der Waals surface area contributed by atoms with Crippen molar-refractivity contribution >= 4 is 5.82 Å². The van der Waals surface area contributed by atoms with E-state index in [4.69, 9.17) is 5.73 Å². The maximum Gasteiger partial charge on any atom is 0.147 e. The molecular weight excluding hydrogens is 360 g/mol. The summed E-state index contributed by atoms with van der Waals surface area (Å²) in [6, 6.07) is 12.7. The topological polar surface area (TPSA) is 74.5 Å². The number of benzene rings is 1. The molecule has 1 aromatic carbocycles. The molecule has 1 fully saturated rings. The molecule has 146 valence electrons. The molecule has 1 saturated carbocycles. The van der Waals surface area contributed by atoms with Gasteiger partial charge in [-0.1, -0.05) is 49.6 Å². The van der Waals surface area contributed by atoms with E-state index in [1.807, 2.05) is 53.5 Å². The summed E-state index contributed by atoms with van der Waals surface area (Å²) in [5.41, 5.74) is 11.1. The van der Waals surface area contributed by atoms with E-state index in [1.54, 1.807) is 6.33 Å². The fourth-order valence-electron chi connectivity index (χ4n) is 4.07. The molecule has 2 N–H and O–H groups in total. The van der Waals surface area contributed by atoms with E-state index < -0.39 is 0 Å². The monoisotopic (exact) mass is 384 g/mol. The van der Waals surface area contributed by atoms with E-state index in [9.17, 15) is 0 Å². The lowest BCUT2D eigenvalue weighted by molar-refractivity contribution is 0.329. The molecule has 5 rings (SSSR count). The zero-order chi connectivity index (χ0) is 19.6. The van der Waals surface area contributed by atoms with E-state index in [0.717, 1.165) is 28.1 Å². The number of aromatic nitrogens is 5. The molecule has 3 aromatic heterocycles. The highest BCUT2D eigenvalue weighted by molar-refractivity contribution is 5.68. The minimum absolute atomic E-state index is 0.477. The third-order valence-corrected chi connectivity index (χ3v) is 5.71. The van der Waals surface area contributed by atoms with Crippen molar-refractivity contribution in [3.63, 3.8) is 0 Å². The molecule has 0 saturated heterocycles. The lowest BCUT2D eigenvalue weighted by atomic mass is 9.96. The van der Waals surface area contributed by atoms with Gasteiger partial charge in [-0.25, -0.2) is 9.97 Å². The van der Waals surface area contributed by atoms with Crippen LogP contribution in [-0.2, 0) is 0 Å². The summed E-state index contributed by atoms with van der Waals surface area (Å²) < 4.78 is 4.05. The second-order valence-corrected chi connectivity index (χ2v) is 7.66. The average molecular weight is 384 g/mol. The van der Waals surface area contributed by atoms with Crippen LogP contribution in [0.4, 0.5) is 5.82 Å². The van der Waals surface area contributed by atoms with Crippen LogP contribution in [0.3, 0.4) is 0 Å². The molecule has 0 aliphatic heterocycles. The van der Waals surface area contributed by atoms with Crippen LogP contribution in [0.25, 0.3) is 28.1 Å². The largest absolute Gasteiger partial charge is 0.382 e. The van der Waals surface area contributed by atoms with Crippen molar-refractivity contribution in [3.8, 4) is 28.1 Å². The highest BCUT2D eigenvalue weighted by atomic mass is 15.3. The molecule has 0 amide bonds. The Morgan fingerprint density at radius 3 is 2.52 bits per heavy atom. The second-order valence-electron chi connectivity index (χ2n) is 7.66. The van der Waals surface area contributed by atoms with Crippen LogP contribution in [0.1, 0.15) is 38.1 Å². The number of hydrogen-bond acceptors (Lipinski definition) is 4. The summed E-state index contributed by atoms with van der Waals surface area (Å²) in [7, 11) is 0. The van der Waals surface area contributed by atoms with Crippen molar-refractivity contribution < 1.29 is 0 Å². The van der Waals surface area contributed by atoms with Crippen LogP contribution in [0, 0.1) is 0 Å².